The normalized spacial score (nSPS) is 11.1. The van der Waals surface area contributed by atoms with E-state index in [2.05, 4.69) is 4.72 Å². The maximum atomic E-state index is 11.7. The highest BCUT2D eigenvalue weighted by Gasteiger charge is 2.11. The Hall–Kier alpha value is -1.27. The summed E-state index contributed by atoms with van der Waals surface area (Å²) in [6, 6.07) is 6.14. The van der Waals surface area contributed by atoms with Crippen molar-refractivity contribution in [1.82, 2.24) is 0 Å². The van der Waals surface area contributed by atoms with Crippen molar-refractivity contribution in [2.45, 2.75) is 26.2 Å². The van der Waals surface area contributed by atoms with Crippen LogP contribution in [0.3, 0.4) is 0 Å². The van der Waals surface area contributed by atoms with Gasteiger partial charge in [-0.15, -0.1) is 11.6 Å². The van der Waals surface area contributed by atoms with Gasteiger partial charge >= 0.3 is 5.97 Å². The predicted octanol–water partition coefficient (Wildman–Crippen LogP) is 3.01. The maximum absolute atomic E-state index is 11.7. The van der Waals surface area contributed by atoms with Gasteiger partial charge in [-0.25, -0.2) is 13.2 Å². The van der Waals surface area contributed by atoms with E-state index in [4.69, 9.17) is 16.3 Å². The minimum atomic E-state index is -3.40. The third-order valence-electron chi connectivity index (χ3n) is 2.67. The van der Waals surface area contributed by atoms with Crippen LogP contribution in [0.1, 0.15) is 36.5 Å². The summed E-state index contributed by atoms with van der Waals surface area (Å²) in [6.07, 6.45) is 2.17. The monoisotopic (exact) mass is 333 g/mol. The molecule has 21 heavy (non-hydrogen) atoms. The van der Waals surface area contributed by atoms with Gasteiger partial charge in [0.15, 0.2) is 0 Å². The fourth-order valence-corrected chi connectivity index (χ4v) is 2.96. The molecular weight excluding hydrogens is 314 g/mol. The summed E-state index contributed by atoms with van der Waals surface area (Å²) in [4.78, 5) is 11.7. The van der Waals surface area contributed by atoms with Crippen molar-refractivity contribution in [3.63, 3.8) is 0 Å². The summed E-state index contributed by atoms with van der Waals surface area (Å²) in [5.74, 6) is -0.138. The number of unbranched alkanes of at least 4 members (excludes halogenated alkanes) is 1. The van der Waals surface area contributed by atoms with Gasteiger partial charge in [0.25, 0.3) is 0 Å². The first-order valence-electron chi connectivity index (χ1n) is 6.82. The number of halogens is 1. The number of esters is 1. The Balaban J connectivity index is 2.59. The average Bonchev–Trinajstić information content (AvgIpc) is 2.46. The average molecular weight is 334 g/mol. The second-order valence-corrected chi connectivity index (χ2v) is 6.75. The second-order valence-electron chi connectivity index (χ2n) is 4.53. The molecule has 118 valence electrons. The quantitative estimate of drug-likeness (QED) is 0.428. The van der Waals surface area contributed by atoms with Crippen molar-refractivity contribution in [3.05, 3.63) is 29.8 Å². The number of carbonyl (C=O) groups is 1. The third kappa shape index (κ3) is 6.82. The minimum Gasteiger partial charge on any atom is -0.462 e. The smallest absolute Gasteiger partial charge is 0.338 e. The molecule has 0 atom stereocenters. The van der Waals surface area contributed by atoms with Gasteiger partial charge in [-0.05, 0) is 37.1 Å². The molecule has 0 spiro atoms. The molecule has 1 N–H and O–H groups in total. The summed E-state index contributed by atoms with van der Waals surface area (Å²) in [6.45, 7) is 2.40. The van der Waals surface area contributed by atoms with E-state index in [1.165, 1.54) is 24.3 Å². The fraction of sp³-hybridized carbons (Fsp3) is 0.500. The molecule has 5 nitrogen and oxygen atoms in total. The van der Waals surface area contributed by atoms with Crippen molar-refractivity contribution in [1.29, 1.82) is 0 Å². The third-order valence-corrected chi connectivity index (χ3v) is 4.31. The molecular formula is C14H20ClNO4S. The highest BCUT2D eigenvalue weighted by Crippen LogP contribution is 2.13. The molecule has 0 aromatic heterocycles. The fourth-order valence-electron chi connectivity index (χ4n) is 1.54. The van der Waals surface area contributed by atoms with Gasteiger partial charge in [-0.3, -0.25) is 4.72 Å². The lowest BCUT2D eigenvalue weighted by Gasteiger charge is -2.08. The lowest BCUT2D eigenvalue weighted by molar-refractivity contribution is 0.0500. The Morgan fingerprint density at radius 3 is 2.48 bits per heavy atom. The molecule has 0 unspecified atom stereocenters. The summed E-state index contributed by atoms with van der Waals surface area (Å²) in [5, 5.41) is 0. The van der Waals surface area contributed by atoms with Gasteiger partial charge < -0.3 is 4.74 Å². The lowest BCUT2D eigenvalue weighted by Crippen LogP contribution is -2.17. The van der Waals surface area contributed by atoms with Crippen LogP contribution in [0.4, 0.5) is 5.69 Å². The summed E-state index contributed by atoms with van der Waals surface area (Å²) < 4.78 is 30.9. The molecule has 0 amide bonds. The zero-order valence-corrected chi connectivity index (χ0v) is 13.5. The van der Waals surface area contributed by atoms with Gasteiger partial charge in [0.2, 0.25) is 10.0 Å². The van der Waals surface area contributed by atoms with Crippen LogP contribution in [0.15, 0.2) is 24.3 Å². The first-order valence-corrected chi connectivity index (χ1v) is 9.01. The number of rotatable bonds is 9. The molecule has 7 heteroatoms. The van der Waals surface area contributed by atoms with Crippen LogP contribution in [-0.4, -0.2) is 32.6 Å². The van der Waals surface area contributed by atoms with E-state index in [1.807, 2.05) is 6.92 Å². The molecule has 0 aliphatic heterocycles. The molecule has 0 heterocycles. The molecule has 0 aliphatic rings. The molecule has 0 radical (unpaired) electrons. The van der Waals surface area contributed by atoms with E-state index in [0.29, 0.717) is 30.2 Å². The molecule has 0 fully saturated rings. The number of benzene rings is 1. The van der Waals surface area contributed by atoms with Gasteiger partial charge in [-0.1, -0.05) is 13.3 Å². The number of sulfonamides is 1. The zero-order chi connectivity index (χ0) is 15.7. The maximum Gasteiger partial charge on any atom is 0.338 e. The van der Waals surface area contributed by atoms with Crippen molar-refractivity contribution in [3.8, 4) is 0 Å². The van der Waals surface area contributed by atoms with E-state index in [1.54, 1.807) is 0 Å². The SMILES string of the molecule is CCCCOC(=O)c1ccc(NS(=O)(=O)CCCCl)cc1. The van der Waals surface area contributed by atoms with E-state index in [9.17, 15) is 13.2 Å². The van der Waals surface area contributed by atoms with Crippen molar-refractivity contribution in [2.75, 3.05) is 23.0 Å². The summed E-state index contributed by atoms with van der Waals surface area (Å²) >= 11 is 5.47. The van der Waals surface area contributed by atoms with Gasteiger partial charge in [0, 0.05) is 11.6 Å². The topological polar surface area (TPSA) is 72.5 Å². The molecule has 0 aliphatic carbocycles. The number of hydrogen-bond donors (Lipinski definition) is 1. The zero-order valence-electron chi connectivity index (χ0n) is 12.0. The van der Waals surface area contributed by atoms with Crippen LogP contribution < -0.4 is 4.72 Å². The van der Waals surface area contributed by atoms with Crippen molar-refractivity contribution in [2.24, 2.45) is 0 Å². The molecule has 1 rings (SSSR count). The number of hydrogen-bond acceptors (Lipinski definition) is 4. The van der Waals surface area contributed by atoms with Crippen LogP contribution in [0.25, 0.3) is 0 Å². The van der Waals surface area contributed by atoms with Crippen LogP contribution in [0, 0.1) is 0 Å². The standard InChI is InChI=1S/C14H20ClNO4S/c1-2-3-10-20-14(17)12-5-7-13(8-6-12)16-21(18,19)11-4-9-15/h5-8,16H,2-4,9-11H2,1H3. The number of ether oxygens (including phenoxy) is 1. The van der Waals surface area contributed by atoms with Crippen LogP contribution >= 0.6 is 11.6 Å². The molecule has 0 saturated carbocycles. The Kier molecular flexibility index (Phi) is 7.53. The Bertz CT molecular complexity index is 543. The van der Waals surface area contributed by atoms with Crippen LogP contribution in [0.5, 0.6) is 0 Å². The summed E-state index contributed by atoms with van der Waals surface area (Å²) in [5.41, 5.74) is 0.810. The number of carbonyl (C=O) groups excluding carboxylic acids is 1. The largest absolute Gasteiger partial charge is 0.462 e. The molecule has 0 saturated heterocycles. The first kappa shape index (κ1) is 17.8. The van der Waals surface area contributed by atoms with Crippen LogP contribution in [0.2, 0.25) is 0 Å². The van der Waals surface area contributed by atoms with E-state index < -0.39 is 16.0 Å². The predicted molar refractivity (Wildman–Crippen MR) is 84.4 cm³/mol. The van der Waals surface area contributed by atoms with Crippen molar-refractivity contribution < 1.29 is 17.9 Å². The lowest BCUT2D eigenvalue weighted by atomic mass is 10.2. The first-order chi connectivity index (χ1) is 9.98. The van der Waals surface area contributed by atoms with E-state index >= 15 is 0 Å². The second kappa shape index (κ2) is 8.89. The van der Waals surface area contributed by atoms with Gasteiger partial charge in [-0.2, -0.15) is 0 Å². The Labute approximate surface area is 130 Å². The number of anilines is 1. The molecule has 1 aromatic rings. The Morgan fingerprint density at radius 1 is 1.24 bits per heavy atom. The number of nitrogens with one attached hydrogen (secondary N) is 1. The molecule has 0 bridgehead atoms. The highest BCUT2D eigenvalue weighted by atomic mass is 35.5. The number of alkyl halides is 1. The van der Waals surface area contributed by atoms with Gasteiger partial charge in [0.1, 0.15) is 0 Å². The minimum absolute atomic E-state index is 0.0304. The Morgan fingerprint density at radius 2 is 1.90 bits per heavy atom. The highest BCUT2D eigenvalue weighted by molar-refractivity contribution is 7.92. The van der Waals surface area contributed by atoms with Gasteiger partial charge in [0.05, 0.1) is 17.9 Å². The van der Waals surface area contributed by atoms with Crippen molar-refractivity contribution >= 4 is 33.3 Å². The van der Waals surface area contributed by atoms with E-state index in [-0.39, 0.29) is 5.75 Å². The summed E-state index contributed by atoms with van der Waals surface area (Å²) in [7, 11) is -3.40. The van der Waals surface area contributed by atoms with Crippen LogP contribution in [-0.2, 0) is 14.8 Å². The molecule has 1 aromatic carbocycles. The van der Waals surface area contributed by atoms with E-state index in [0.717, 1.165) is 12.8 Å².